The van der Waals surface area contributed by atoms with E-state index >= 15 is 0 Å². The molecule has 2 aliphatic heterocycles. The summed E-state index contributed by atoms with van der Waals surface area (Å²) in [5, 5.41) is 3.56. The van der Waals surface area contributed by atoms with E-state index in [2.05, 4.69) is 5.32 Å². The third kappa shape index (κ3) is 6.11. The molecular weight excluding hydrogens is 518 g/mol. The summed E-state index contributed by atoms with van der Waals surface area (Å²) in [6.07, 6.45) is 6.47. The summed E-state index contributed by atoms with van der Waals surface area (Å²) in [5.74, 6) is -0.687. The Morgan fingerprint density at radius 2 is 1.87 bits per heavy atom. The van der Waals surface area contributed by atoms with Gasteiger partial charge in [-0.2, -0.15) is 0 Å². The van der Waals surface area contributed by atoms with Crippen LogP contribution in [0.5, 0.6) is 0 Å². The maximum Gasteiger partial charge on any atom is 0.328 e. The third-order valence-electron chi connectivity index (χ3n) is 8.98. The van der Waals surface area contributed by atoms with Crippen molar-refractivity contribution in [2.24, 2.45) is 16.7 Å². The number of nitrogens with one attached hydrogen (secondary N) is 1. The fraction of sp³-hybridized carbons (Fsp3) is 0.667. The maximum absolute atomic E-state index is 14.3. The van der Waals surface area contributed by atoms with Crippen molar-refractivity contribution in [3.8, 4) is 0 Å². The van der Waals surface area contributed by atoms with Gasteiger partial charge in [-0.25, -0.2) is 4.79 Å². The smallest absolute Gasteiger partial charge is 0.328 e. The molecule has 3 aliphatic rings. The fourth-order valence-corrected chi connectivity index (χ4v) is 6.90. The van der Waals surface area contributed by atoms with Gasteiger partial charge in [0.2, 0.25) is 17.7 Å². The molecule has 3 amide bonds. The number of esters is 1. The van der Waals surface area contributed by atoms with Gasteiger partial charge >= 0.3 is 5.97 Å². The minimum atomic E-state index is -0.843. The van der Waals surface area contributed by atoms with Gasteiger partial charge in [-0.1, -0.05) is 57.7 Å². The van der Waals surface area contributed by atoms with E-state index in [1.165, 1.54) is 13.5 Å². The minimum absolute atomic E-state index is 0.0739. The van der Waals surface area contributed by atoms with Gasteiger partial charge in [-0.05, 0) is 55.7 Å². The number of rotatable bonds is 6. The number of hydrogen-bond donors (Lipinski definition) is 1. The molecule has 1 N–H and O–H groups in total. The second-order valence-electron chi connectivity index (χ2n) is 12.7. The van der Waals surface area contributed by atoms with Gasteiger partial charge in [0.05, 0.1) is 7.11 Å². The molecule has 4 atom stereocenters. The van der Waals surface area contributed by atoms with E-state index in [9.17, 15) is 19.2 Å². The standard InChI is InChI=1S/C30H42ClN3O5/c1-19-30(17-25(36)33(18-30)22-13-9-12-21(31)15-22)16-23(28(38)39-5)34(19)27(37)26(29(2,3)4)32-24(35)14-20-10-7-6-8-11-20/h9,12-13,15,19-20,23,26H,6-8,10-11,14,16-18H2,1-5H3,(H,32,35)/t19?,23-,26+,30+/m0/s1. The Hall–Kier alpha value is -2.61. The molecule has 0 bridgehead atoms. The highest BCUT2D eigenvalue weighted by atomic mass is 35.5. The second-order valence-corrected chi connectivity index (χ2v) is 13.2. The Morgan fingerprint density at radius 1 is 1.18 bits per heavy atom. The van der Waals surface area contributed by atoms with Crippen molar-refractivity contribution >= 4 is 41.0 Å². The zero-order chi connectivity index (χ0) is 28.5. The number of amides is 3. The van der Waals surface area contributed by atoms with Crippen molar-refractivity contribution in [1.29, 1.82) is 0 Å². The summed E-state index contributed by atoms with van der Waals surface area (Å²) in [7, 11) is 1.31. The lowest BCUT2D eigenvalue weighted by Crippen LogP contribution is -2.59. The number of carbonyl (C=O) groups is 4. The van der Waals surface area contributed by atoms with Crippen molar-refractivity contribution in [1.82, 2.24) is 10.2 Å². The lowest BCUT2D eigenvalue weighted by molar-refractivity contribution is -0.154. The average molecular weight is 560 g/mol. The molecule has 1 aliphatic carbocycles. The molecule has 1 spiro atoms. The predicted octanol–water partition coefficient (Wildman–Crippen LogP) is 4.73. The second kappa shape index (κ2) is 11.5. The van der Waals surface area contributed by atoms with Crippen molar-refractivity contribution < 1.29 is 23.9 Å². The van der Waals surface area contributed by atoms with Gasteiger partial charge in [0.25, 0.3) is 0 Å². The summed E-state index contributed by atoms with van der Waals surface area (Å²) >= 11 is 6.19. The lowest BCUT2D eigenvalue weighted by atomic mass is 9.79. The average Bonchev–Trinajstić information content (AvgIpc) is 3.37. The van der Waals surface area contributed by atoms with Crippen LogP contribution in [0.15, 0.2) is 24.3 Å². The molecule has 1 aromatic carbocycles. The molecule has 39 heavy (non-hydrogen) atoms. The summed E-state index contributed by atoms with van der Waals surface area (Å²) < 4.78 is 5.13. The predicted molar refractivity (Wildman–Crippen MR) is 150 cm³/mol. The van der Waals surface area contributed by atoms with Crippen molar-refractivity contribution in [2.75, 3.05) is 18.6 Å². The molecule has 2 heterocycles. The molecule has 2 saturated heterocycles. The van der Waals surface area contributed by atoms with Gasteiger partial charge in [0.1, 0.15) is 12.1 Å². The van der Waals surface area contributed by atoms with Gasteiger partial charge in [0.15, 0.2) is 0 Å². The van der Waals surface area contributed by atoms with Crippen LogP contribution in [0.2, 0.25) is 5.02 Å². The van der Waals surface area contributed by atoms with E-state index in [-0.39, 0.29) is 24.1 Å². The first-order chi connectivity index (χ1) is 18.4. The number of anilines is 1. The number of ether oxygens (including phenoxy) is 1. The SMILES string of the molecule is COC(=O)[C@@H]1C[C@]2(CC(=O)N(c3cccc(Cl)c3)C2)C(C)N1C(=O)[C@@H](NC(=O)CC1CCCCC1)C(C)(C)C. The van der Waals surface area contributed by atoms with Crippen LogP contribution in [-0.2, 0) is 23.9 Å². The zero-order valence-corrected chi connectivity index (χ0v) is 24.6. The first kappa shape index (κ1) is 29.4. The number of carbonyl (C=O) groups excluding carboxylic acids is 4. The zero-order valence-electron chi connectivity index (χ0n) is 23.8. The van der Waals surface area contributed by atoms with E-state index in [1.807, 2.05) is 33.8 Å². The summed E-state index contributed by atoms with van der Waals surface area (Å²) in [4.78, 5) is 56.9. The van der Waals surface area contributed by atoms with E-state index in [4.69, 9.17) is 16.3 Å². The highest BCUT2D eigenvalue weighted by Gasteiger charge is 2.60. The van der Waals surface area contributed by atoms with E-state index in [1.54, 1.807) is 28.0 Å². The summed E-state index contributed by atoms with van der Waals surface area (Å²) in [6.45, 7) is 8.01. The van der Waals surface area contributed by atoms with Gasteiger partial charge in [-0.15, -0.1) is 0 Å². The van der Waals surface area contributed by atoms with Crippen LogP contribution in [0.4, 0.5) is 5.69 Å². The summed E-state index contributed by atoms with van der Waals surface area (Å²) in [6, 6.07) is 5.04. The first-order valence-corrected chi connectivity index (χ1v) is 14.5. The molecule has 8 nitrogen and oxygen atoms in total. The molecule has 3 fully saturated rings. The Bertz CT molecular complexity index is 1110. The molecule has 0 aromatic heterocycles. The van der Waals surface area contributed by atoms with Crippen LogP contribution < -0.4 is 10.2 Å². The largest absolute Gasteiger partial charge is 0.467 e. The fourth-order valence-electron chi connectivity index (χ4n) is 6.72. The highest BCUT2D eigenvalue weighted by Crippen LogP contribution is 2.49. The molecule has 4 rings (SSSR count). The normalized spacial score (nSPS) is 26.7. The Morgan fingerprint density at radius 3 is 2.49 bits per heavy atom. The molecule has 1 aromatic rings. The van der Waals surface area contributed by atoms with Crippen LogP contribution in [0.25, 0.3) is 0 Å². The monoisotopic (exact) mass is 559 g/mol. The topological polar surface area (TPSA) is 96.0 Å². The molecule has 1 unspecified atom stereocenters. The molecule has 1 saturated carbocycles. The van der Waals surface area contributed by atoms with Gasteiger partial charge in [-0.3, -0.25) is 14.4 Å². The quantitative estimate of drug-likeness (QED) is 0.508. The Balaban J connectivity index is 1.59. The van der Waals surface area contributed by atoms with Crippen molar-refractivity contribution in [2.45, 2.75) is 97.2 Å². The number of likely N-dealkylation sites (tertiary alicyclic amines) is 1. The molecular formula is C30H42ClN3O5. The maximum atomic E-state index is 14.3. The van der Waals surface area contributed by atoms with E-state index in [0.29, 0.717) is 36.0 Å². The molecule has 9 heteroatoms. The lowest BCUT2D eigenvalue weighted by Gasteiger charge is -2.39. The van der Waals surface area contributed by atoms with Crippen LogP contribution in [0, 0.1) is 16.7 Å². The minimum Gasteiger partial charge on any atom is -0.467 e. The Kier molecular flexibility index (Phi) is 8.64. The number of methoxy groups -OCH3 is 1. The van der Waals surface area contributed by atoms with Gasteiger partial charge < -0.3 is 19.9 Å². The van der Waals surface area contributed by atoms with E-state index in [0.717, 1.165) is 25.7 Å². The highest BCUT2D eigenvalue weighted by molar-refractivity contribution is 6.31. The third-order valence-corrected chi connectivity index (χ3v) is 9.22. The number of nitrogens with zero attached hydrogens (tertiary/aromatic N) is 2. The van der Waals surface area contributed by atoms with Crippen LogP contribution in [0.1, 0.15) is 79.1 Å². The Labute approximate surface area is 236 Å². The van der Waals surface area contributed by atoms with Gasteiger partial charge in [0, 0.05) is 41.6 Å². The van der Waals surface area contributed by atoms with Crippen LogP contribution in [-0.4, -0.2) is 60.4 Å². The molecule has 0 radical (unpaired) electrons. The molecule has 214 valence electrons. The summed E-state index contributed by atoms with van der Waals surface area (Å²) in [5.41, 5.74) is -0.533. The van der Waals surface area contributed by atoms with Crippen LogP contribution >= 0.6 is 11.6 Å². The number of hydrogen-bond acceptors (Lipinski definition) is 5. The van der Waals surface area contributed by atoms with Crippen molar-refractivity contribution in [3.05, 3.63) is 29.3 Å². The van der Waals surface area contributed by atoms with Crippen molar-refractivity contribution in [3.63, 3.8) is 0 Å². The number of benzene rings is 1. The number of halogens is 1. The first-order valence-electron chi connectivity index (χ1n) is 14.1. The van der Waals surface area contributed by atoms with Crippen LogP contribution in [0.3, 0.4) is 0 Å². The van der Waals surface area contributed by atoms with E-state index < -0.39 is 34.9 Å².